The number of hydrogen-bond acceptors (Lipinski definition) is 2. The van der Waals surface area contributed by atoms with Gasteiger partial charge in [-0.1, -0.05) is 25.8 Å². The number of allylic oxidation sites excluding steroid dienone is 2. The van der Waals surface area contributed by atoms with Gasteiger partial charge in [0.1, 0.15) is 0 Å². The molecule has 2 N–H and O–H groups in total. The van der Waals surface area contributed by atoms with Crippen molar-refractivity contribution >= 4 is 5.78 Å². The summed E-state index contributed by atoms with van der Waals surface area (Å²) in [5.41, 5.74) is 6.53. The molecule has 0 aliphatic heterocycles. The summed E-state index contributed by atoms with van der Waals surface area (Å²) in [6.07, 6.45) is 9.13. The molecule has 0 radical (unpaired) electrons. The minimum atomic E-state index is 0.000626. The van der Waals surface area contributed by atoms with E-state index < -0.39 is 0 Å². The van der Waals surface area contributed by atoms with Crippen LogP contribution in [-0.4, -0.2) is 12.3 Å². The van der Waals surface area contributed by atoms with Crippen molar-refractivity contribution in [3.63, 3.8) is 0 Å². The Morgan fingerprint density at radius 2 is 2.14 bits per heavy atom. The average molecular weight is 195 g/mol. The fourth-order valence-electron chi connectivity index (χ4n) is 1.84. The summed E-state index contributed by atoms with van der Waals surface area (Å²) in [5.74, 6) is 0.273. The van der Waals surface area contributed by atoms with Gasteiger partial charge in [0.25, 0.3) is 0 Å². The molecule has 80 valence electrons. The first-order chi connectivity index (χ1) is 6.75. The molecule has 1 rings (SSSR count). The molecule has 0 heterocycles. The third-order valence-corrected chi connectivity index (χ3v) is 2.91. The van der Waals surface area contributed by atoms with Crippen molar-refractivity contribution in [2.45, 2.75) is 45.4 Å². The Kier molecular flexibility index (Phi) is 4.88. The maximum Gasteiger partial charge on any atom is 0.162 e. The normalized spacial score (nSPS) is 20.6. The summed E-state index contributed by atoms with van der Waals surface area (Å²) >= 11 is 0. The number of carbonyl (C=O) groups excluding carboxylic acids is 1. The van der Waals surface area contributed by atoms with Crippen LogP contribution >= 0.6 is 0 Å². The van der Waals surface area contributed by atoms with Gasteiger partial charge < -0.3 is 5.73 Å². The summed E-state index contributed by atoms with van der Waals surface area (Å²) in [6, 6.07) is 0. The van der Waals surface area contributed by atoms with Crippen molar-refractivity contribution in [3.05, 3.63) is 11.6 Å². The van der Waals surface area contributed by atoms with Crippen LogP contribution in [0.15, 0.2) is 11.6 Å². The first-order valence-electron chi connectivity index (χ1n) is 5.69. The molecule has 0 aromatic heterocycles. The van der Waals surface area contributed by atoms with Crippen LogP contribution in [0.3, 0.4) is 0 Å². The van der Waals surface area contributed by atoms with Gasteiger partial charge in [-0.3, -0.25) is 4.79 Å². The van der Waals surface area contributed by atoms with E-state index in [2.05, 4.69) is 6.08 Å². The fraction of sp³-hybridized carbons (Fsp3) is 0.750. The Morgan fingerprint density at radius 1 is 1.43 bits per heavy atom. The van der Waals surface area contributed by atoms with Crippen LogP contribution in [0.4, 0.5) is 0 Å². The highest BCUT2D eigenvalue weighted by molar-refractivity contribution is 5.97. The summed E-state index contributed by atoms with van der Waals surface area (Å²) < 4.78 is 0. The summed E-state index contributed by atoms with van der Waals surface area (Å²) in [6.45, 7) is 2.39. The Bertz CT molecular complexity index is 220. The predicted molar refractivity (Wildman–Crippen MR) is 59.0 cm³/mol. The average Bonchev–Trinajstić information content (AvgIpc) is 2.15. The third-order valence-electron chi connectivity index (χ3n) is 2.91. The Hall–Kier alpha value is -0.630. The molecule has 0 aromatic carbocycles. The Balaban J connectivity index is 2.58. The molecule has 0 bridgehead atoms. The lowest BCUT2D eigenvalue weighted by Crippen LogP contribution is -2.22. The highest BCUT2D eigenvalue weighted by atomic mass is 16.1. The monoisotopic (exact) mass is 195 g/mol. The van der Waals surface area contributed by atoms with Gasteiger partial charge in [-0.05, 0) is 31.3 Å². The maximum atomic E-state index is 11.8. The molecule has 2 nitrogen and oxygen atoms in total. The lowest BCUT2D eigenvalue weighted by Gasteiger charge is -2.13. The maximum absolute atomic E-state index is 11.8. The molecule has 0 aromatic rings. The van der Waals surface area contributed by atoms with E-state index in [9.17, 15) is 4.79 Å². The van der Waals surface area contributed by atoms with Crippen molar-refractivity contribution in [2.24, 2.45) is 11.7 Å². The molecule has 0 amide bonds. The van der Waals surface area contributed by atoms with E-state index in [-0.39, 0.29) is 11.7 Å². The zero-order valence-electron chi connectivity index (χ0n) is 9.09. The summed E-state index contributed by atoms with van der Waals surface area (Å²) in [5, 5.41) is 0. The first kappa shape index (κ1) is 11.4. The Morgan fingerprint density at radius 3 is 2.86 bits per heavy atom. The van der Waals surface area contributed by atoms with Crippen molar-refractivity contribution < 1.29 is 4.79 Å². The van der Waals surface area contributed by atoms with Gasteiger partial charge in [0, 0.05) is 12.5 Å². The molecule has 1 unspecified atom stereocenters. The van der Waals surface area contributed by atoms with Crippen molar-refractivity contribution in [3.8, 4) is 0 Å². The van der Waals surface area contributed by atoms with Crippen LogP contribution in [0.25, 0.3) is 0 Å². The number of ketones is 1. The van der Waals surface area contributed by atoms with Gasteiger partial charge in [0.2, 0.25) is 0 Å². The molecule has 14 heavy (non-hydrogen) atoms. The van der Waals surface area contributed by atoms with Crippen molar-refractivity contribution in [1.29, 1.82) is 0 Å². The molecular weight excluding hydrogens is 174 g/mol. The lowest BCUT2D eigenvalue weighted by molar-refractivity contribution is -0.118. The molecule has 1 atom stereocenters. The van der Waals surface area contributed by atoms with E-state index in [4.69, 9.17) is 5.73 Å². The van der Waals surface area contributed by atoms with E-state index in [1.165, 1.54) is 19.3 Å². The van der Waals surface area contributed by atoms with E-state index in [1.807, 2.05) is 6.92 Å². The van der Waals surface area contributed by atoms with Crippen LogP contribution < -0.4 is 5.73 Å². The molecule has 0 saturated heterocycles. The molecule has 0 fully saturated rings. The molecule has 1 aliphatic carbocycles. The van der Waals surface area contributed by atoms with Crippen LogP contribution in [0.5, 0.6) is 0 Å². The number of Topliss-reactive ketones (excluding diaryl/α,β-unsaturated/α-hetero) is 1. The van der Waals surface area contributed by atoms with E-state index >= 15 is 0 Å². The predicted octanol–water partition coefficient (Wildman–Crippen LogP) is 2.43. The quantitative estimate of drug-likeness (QED) is 0.751. The largest absolute Gasteiger partial charge is 0.330 e. The summed E-state index contributed by atoms with van der Waals surface area (Å²) in [4.78, 5) is 11.8. The topological polar surface area (TPSA) is 43.1 Å². The summed E-state index contributed by atoms with van der Waals surface area (Å²) in [7, 11) is 0. The molecule has 2 heteroatoms. The van der Waals surface area contributed by atoms with Crippen molar-refractivity contribution in [2.75, 3.05) is 6.54 Å². The molecule has 1 aliphatic rings. The smallest absolute Gasteiger partial charge is 0.162 e. The van der Waals surface area contributed by atoms with Crippen LogP contribution in [-0.2, 0) is 4.79 Å². The number of carbonyl (C=O) groups is 1. The van der Waals surface area contributed by atoms with E-state index in [1.54, 1.807) is 0 Å². The second kappa shape index (κ2) is 5.97. The number of rotatable bonds is 3. The van der Waals surface area contributed by atoms with Gasteiger partial charge in [-0.2, -0.15) is 0 Å². The Labute approximate surface area is 86.6 Å². The lowest BCUT2D eigenvalue weighted by atomic mass is 9.92. The second-order valence-corrected chi connectivity index (χ2v) is 4.18. The highest BCUT2D eigenvalue weighted by Crippen LogP contribution is 2.19. The second-order valence-electron chi connectivity index (χ2n) is 4.18. The number of nitrogens with two attached hydrogens (primary N) is 1. The number of hydrogen-bond donors (Lipinski definition) is 1. The zero-order chi connectivity index (χ0) is 10.4. The highest BCUT2D eigenvalue weighted by Gasteiger charge is 2.16. The van der Waals surface area contributed by atoms with Crippen LogP contribution in [0.2, 0.25) is 0 Å². The standard InChI is InChI=1S/C12H21NO/c1-10(9-13)12(14)11-7-5-3-2-4-6-8-11/h7,10H,2-6,8-9,13H2,1H3. The SMILES string of the molecule is CC(CN)C(=O)C1=CCCCCCC1. The third kappa shape index (κ3) is 3.26. The molecule has 0 saturated carbocycles. The van der Waals surface area contributed by atoms with Gasteiger partial charge in [0.05, 0.1) is 0 Å². The van der Waals surface area contributed by atoms with Crippen LogP contribution in [0, 0.1) is 5.92 Å². The van der Waals surface area contributed by atoms with Gasteiger partial charge in [-0.25, -0.2) is 0 Å². The molecular formula is C12H21NO. The van der Waals surface area contributed by atoms with E-state index in [0.29, 0.717) is 6.54 Å². The van der Waals surface area contributed by atoms with Gasteiger partial charge in [0.15, 0.2) is 5.78 Å². The molecule has 0 spiro atoms. The fourth-order valence-corrected chi connectivity index (χ4v) is 1.84. The van der Waals surface area contributed by atoms with Gasteiger partial charge in [-0.15, -0.1) is 0 Å². The zero-order valence-corrected chi connectivity index (χ0v) is 9.09. The minimum Gasteiger partial charge on any atom is -0.330 e. The van der Waals surface area contributed by atoms with E-state index in [0.717, 1.165) is 24.8 Å². The first-order valence-corrected chi connectivity index (χ1v) is 5.69. The minimum absolute atomic E-state index is 0.000626. The van der Waals surface area contributed by atoms with Crippen molar-refractivity contribution in [1.82, 2.24) is 0 Å². The van der Waals surface area contributed by atoms with Crippen LogP contribution in [0.1, 0.15) is 45.4 Å². The van der Waals surface area contributed by atoms with Gasteiger partial charge >= 0.3 is 0 Å².